The highest BCUT2D eigenvalue weighted by atomic mass is 35.5. The maximum atomic E-state index is 13.2. The summed E-state index contributed by atoms with van der Waals surface area (Å²) in [6, 6.07) is 17.4. The number of nitrogens with two attached hydrogens (primary N) is 1. The third-order valence-electron chi connectivity index (χ3n) is 5.65. The summed E-state index contributed by atoms with van der Waals surface area (Å²) in [4.78, 5) is 37.3. The van der Waals surface area contributed by atoms with Crippen molar-refractivity contribution in [2.24, 2.45) is 5.73 Å². The van der Waals surface area contributed by atoms with Gasteiger partial charge in [0.15, 0.2) is 0 Å². The van der Waals surface area contributed by atoms with Crippen molar-refractivity contribution in [1.29, 1.82) is 0 Å². The Kier molecular flexibility index (Phi) is 10.4. The van der Waals surface area contributed by atoms with E-state index in [1.807, 2.05) is 0 Å². The van der Waals surface area contributed by atoms with Gasteiger partial charge in [-0.25, -0.2) is 0 Å². The molecule has 0 bridgehead atoms. The molecule has 3 aromatic carbocycles. The first-order valence-corrected chi connectivity index (χ1v) is 12.7. The van der Waals surface area contributed by atoms with Crippen LogP contribution in [-0.4, -0.2) is 17.7 Å². The predicted molar refractivity (Wildman–Crippen MR) is 146 cm³/mol. The fraction of sp³-hybridized carbons (Fsp3) is 0.250. The zero-order valence-corrected chi connectivity index (χ0v) is 21.9. The first-order valence-electron chi connectivity index (χ1n) is 11.9. The molecule has 4 N–H and O–H groups in total. The molecule has 9 heteroatoms. The molecule has 7 nitrogen and oxygen atoms in total. The first kappa shape index (κ1) is 28.0. The minimum Gasteiger partial charge on any atom is -0.489 e. The normalized spacial score (nSPS) is 11.4. The number of amides is 3. The van der Waals surface area contributed by atoms with Crippen molar-refractivity contribution >= 4 is 46.6 Å². The summed E-state index contributed by atoms with van der Waals surface area (Å²) >= 11 is 12.4. The third-order valence-corrected chi connectivity index (χ3v) is 6.36. The molecule has 0 radical (unpaired) electrons. The maximum absolute atomic E-state index is 13.2. The van der Waals surface area contributed by atoms with E-state index in [1.54, 1.807) is 60.7 Å². The van der Waals surface area contributed by atoms with Crippen molar-refractivity contribution in [3.63, 3.8) is 0 Å². The molecule has 0 aliphatic rings. The Bertz CT molecular complexity index is 1230. The lowest BCUT2D eigenvalue weighted by Gasteiger charge is -2.20. The van der Waals surface area contributed by atoms with Gasteiger partial charge in [0.1, 0.15) is 18.4 Å². The van der Waals surface area contributed by atoms with Crippen LogP contribution >= 0.6 is 23.2 Å². The Morgan fingerprint density at radius 3 is 2.27 bits per heavy atom. The molecule has 0 spiro atoms. The molecule has 3 rings (SSSR count). The van der Waals surface area contributed by atoms with E-state index in [2.05, 4.69) is 17.6 Å². The number of hydrogen-bond donors (Lipinski definition) is 3. The zero-order valence-electron chi connectivity index (χ0n) is 20.4. The Morgan fingerprint density at radius 1 is 0.946 bits per heavy atom. The average Bonchev–Trinajstić information content (AvgIpc) is 2.87. The summed E-state index contributed by atoms with van der Waals surface area (Å²) in [5.41, 5.74) is 7.24. The van der Waals surface area contributed by atoms with Gasteiger partial charge in [0.2, 0.25) is 11.8 Å². The number of halogens is 2. The summed E-state index contributed by atoms with van der Waals surface area (Å²) in [6.45, 7) is 2.23. The number of ether oxygens (including phenoxy) is 1. The molecule has 0 unspecified atom stereocenters. The minimum absolute atomic E-state index is 0.173. The monoisotopic (exact) mass is 541 g/mol. The van der Waals surface area contributed by atoms with Gasteiger partial charge in [0, 0.05) is 33.3 Å². The summed E-state index contributed by atoms with van der Waals surface area (Å²) < 4.78 is 5.83. The second-order valence-corrected chi connectivity index (χ2v) is 9.26. The Labute approximate surface area is 226 Å². The second kappa shape index (κ2) is 13.7. The van der Waals surface area contributed by atoms with E-state index in [-0.39, 0.29) is 18.1 Å². The van der Waals surface area contributed by atoms with E-state index in [9.17, 15) is 14.4 Å². The van der Waals surface area contributed by atoms with Gasteiger partial charge in [-0.15, -0.1) is 0 Å². The van der Waals surface area contributed by atoms with Gasteiger partial charge in [-0.3, -0.25) is 14.4 Å². The number of carbonyl (C=O) groups is 3. The largest absolute Gasteiger partial charge is 0.489 e. The summed E-state index contributed by atoms with van der Waals surface area (Å²) in [7, 11) is 0. The van der Waals surface area contributed by atoms with E-state index in [4.69, 9.17) is 33.7 Å². The van der Waals surface area contributed by atoms with Crippen LogP contribution in [0.2, 0.25) is 10.0 Å². The number of primary amides is 1. The number of unbranched alkanes of at least 4 members (excludes halogenated alkanes) is 2. The first-order chi connectivity index (χ1) is 17.8. The van der Waals surface area contributed by atoms with Crippen LogP contribution in [0, 0.1) is 0 Å². The predicted octanol–water partition coefficient (Wildman–Crippen LogP) is 6.05. The van der Waals surface area contributed by atoms with E-state index in [1.165, 1.54) is 6.07 Å². The SMILES string of the molecule is CCCCCC(=O)N[C@H](C(=O)Nc1cccc(C(N)=O)c1)c1ccc(OCc2c(Cl)cccc2Cl)cc1. The number of anilines is 1. The summed E-state index contributed by atoms with van der Waals surface area (Å²) in [5.74, 6) is -0.747. The lowest BCUT2D eigenvalue weighted by atomic mass is 10.0. The van der Waals surface area contributed by atoms with Crippen molar-refractivity contribution in [3.8, 4) is 5.75 Å². The molecule has 1 atom stereocenters. The molecular formula is C28H29Cl2N3O4. The number of rotatable bonds is 12. The van der Waals surface area contributed by atoms with Crippen molar-refractivity contribution in [2.45, 2.75) is 45.3 Å². The Morgan fingerprint density at radius 2 is 1.62 bits per heavy atom. The van der Waals surface area contributed by atoms with Crippen LogP contribution in [0.3, 0.4) is 0 Å². The van der Waals surface area contributed by atoms with Gasteiger partial charge >= 0.3 is 0 Å². The van der Waals surface area contributed by atoms with Gasteiger partial charge in [-0.05, 0) is 54.4 Å². The van der Waals surface area contributed by atoms with Crippen LogP contribution in [0.1, 0.15) is 60.1 Å². The van der Waals surface area contributed by atoms with Crippen LogP contribution in [0.25, 0.3) is 0 Å². The molecule has 3 amide bonds. The fourth-order valence-electron chi connectivity index (χ4n) is 3.62. The molecule has 0 heterocycles. The lowest BCUT2D eigenvalue weighted by Crippen LogP contribution is -2.37. The maximum Gasteiger partial charge on any atom is 0.251 e. The number of benzene rings is 3. The lowest BCUT2D eigenvalue weighted by molar-refractivity contribution is -0.126. The molecule has 0 aromatic heterocycles. The Hall–Kier alpha value is -3.55. The van der Waals surface area contributed by atoms with Gasteiger partial charge in [0.05, 0.1) is 0 Å². The smallest absolute Gasteiger partial charge is 0.251 e. The van der Waals surface area contributed by atoms with Crippen molar-refractivity contribution in [3.05, 3.63) is 93.5 Å². The second-order valence-electron chi connectivity index (χ2n) is 8.45. The number of hydrogen-bond acceptors (Lipinski definition) is 4. The van der Waals surface area contributed by atoms with Crippen molar-refractivity contribution < 1.29 is 19.1 Å². The standard InChI is InChI=1S/C28H29Cl2N3O4/c1-2-3-4-11-25(34)33-26(28(36)32-20-8-5-7-19(16-20)27(31)35)18-12-14-21(15-13-18)37-17-22-23(29)9-6-10-24(22)30/h5-10,12-16,26H,2-4,11,17H2,1H3,(H2,31,35)(H,32,36)(H,33,34)/t26-/m0/s1. The summed E-state index contributed by atoms with van der Waals surface area (Å²) in [6.07, 6.45) is 2.95. The average molecular weight is 542 g/mol. The molecule has 0 saturated carbocycles. The third kappa shape index (κ3) is 8.23. The van der Waals surface area contributed by atoms with E-state index >= 15 is 0 Å². The van der Waals surface area contributed by atoms with Crippen molar-refractivity contribution in [1.82, 2.24) is 5.32 Å². The minimum atomic E-state index is -0.960. The molecular weight excluding hydrogens is 513 g/mol. The molecule has 0 aliphatic heterocycles. The molecule has 0 aliphatic carbocycles. The van der Waals surface area contributed by atoms with Crippen molar-refractivity contribution in [2.75, 3.05) is 5.32 Å². The number of carbonyl (C=O) groups excluding carboxylic acids is 3. The molecule has 3 aromatic rings. The van der Waals surface area contributed by atoms with Crippen LogP contribution < -0.4 is 21.1 Å². The topological polar surface area (TPSA) is 111 Å². The number of nitrogens with one attached hydrogen (secondary N) is 2. The highest BCUT2D eigenvalue weighted by molar-refractivity contribution is 6.35. The van der Waals surface area contributed by atoms with Gasteiger partial charge in [-0.2, -0.15) is 0 Å². The van der Waals surface area contributed by atoms with E-state index in [0.717, 1.165) is 19.3 Å². The van der Waals surface area contributed by atoms with Crippen LogP contribution in [0.4, 0.5) is 5.69 Å². The van der Waals surface area contributed by atoms with E-state index in [0.29, 0.717) is 39.0 Å². The van der Waals surface area contributed by atoms with Crippen LogP contribution in [-0.2, 0) is 16.2 Å². The van der Waals surface area contributed by atoms with Gasteiger partial charge in [-0.1, -0.05) is 67.2 Å². The quantitative estimate of drug-likeness (QED) is 0.242. The van der Waals surface area contributed by atoms with Crippen LogP contribution in [0.15, 0.2) is 66.7 Å². The molecule has 0 fully saturated rings. The molecule has 37 heavy (non-hydrogen) atoms. The fourth-order valence-corrected chi connectivity index (χ4v) is 4.12. The zero-order chi connectivity index (χ0) is 26.8. The molecule has 0 saturated heterocycles. The van der Waals surface area contributed by atoms with Gasteiger partial charge in [0.25, 0.3) is 5.91 Å². The Balaban J connectivity index is 1.76. The highest BCUT2D eigenvalue weighted by Crippen LogP contribution is 2.27. The highest BCUT2D eigenvalue weighted by Gasteiger charge is 2.23. The van der Waals surface area contributed by atoms with E-state index < -0.39 is 17.9 Å². The van der Waals surface area contributed by atoms with Crippen LogP contribution in [0.5, 0.6) is 5.75 Å². The molecule has 194 valence electrons. The van der Waals surface area contributed by atoms with Gasteiger partial charge < -0.3 is 21.1 Å². The summed E-state index contributed by atoms with van der Waals surface area (Å²) in [5, 5.41) is 6.60.